The van der Waals surface area contributed by atoms with Gasteiger partial charge in [-0.05, 0) is 19.9 Å². The Morgan fingerprint density at radius 1 is 1.30 bits per heavy atom. The Morgan fingerprint density at radius 2 is 2.10 bits per heavy atom. The average Bonchev–Trinajstić information content (AvgIpc) is 3.38. The van der Waals surface area contributed by atoms with E-state index in [9.17, 15) is 14.3 Å². The van der Waals surface area contributed by atoms with Crippen LogP contribution in [0.25, 0.3) is 28.2 Å². The average molecular weight is 413 g/mol. The third-order valence-electron chi connectivity index (χ3n) is 4.83. The molecule has 0 fully saturated rings. The van der Waals surface area contributed by atoms with E-state index in [1.165, 1.54) is 36.3 Å². The second-order valence-corrected chi connectivity index (χ2v) is 6.82. The first kappa shape index (κ1) is 19.4. The molecule has 2 atom stereocenters. The lowest BCUT2D eigenvalue weighted by molar-refractivity contribution is -0.141. The van der Waals surface area contributed by atoms with Crippen LogP contribution in [0.4, 0.5) is 14.6 Å². The quantitative estimate of drug-likeness (QED) is 0.444. The minimum atomic E-state index is -1.03. The second kappa shape index (κ2) is 7.50. The van der Waals surface area contributed by atoms with Gasteiger partial charge in [-0.3, -0.25) is 9.36 Å². The molecule has 0 radical (unpaired) electrons. The number of nitrogens with zero attached hydrogens (tertiary/aromatic N) is 5. The van der Waals surface area contributed by atoms with Crippen LogP contribution in [0.2, 0.25) is 0 Å². The number of aliphatic carboxylic acids is 1. The molecule has 4 aromatic rings. The number of nitrogens with one attached hydrogen (secondary N) is 2. The summed E-state index contributed by atoms with van der Waals surface area (Å²) in [6.07, 6.45) is 6.98. The zero-order valence-corrected chi connectivity index (χ0v) is 16.0. The Balaban J connectivity index is 1.87. The summed E-state index contributed by atoms with van der Waals surface area (Å²) < 4.78 is 30.3. The molecule has 0 saturated heterocycles. The number of hydrogen-bond acceptors (Lipinski definition) is 6. The third-order valence-corrected chi connectivity index (χ3v) is 4.83. The zero-order valence-electron chi connectivity index (χ0n) is 16.0. The van der Waals surface area contributed by atoms with Gasteiger partial charge in [-0.2, -0.15) is 4.39 Å². The lowest BCUT2D eigenvalue weighted by Gasteiger charge is -2.20. The predicted octanol–water partition coefficient (Wildman–Crippen LogP) is 3.00. The van der Waals surface area contributed by atoms with Crippen molar-refractivity contribution in [3.05, 3.63) is 48.8 Å². The summed E-state index contributed by atoms with van der Waals surface area (Å²) in [5, 5.41) is 12.5. The number of anilines is 1. The molecule has 0 aliphatic rings. The number of aromatic amines is 1. The van der Waals surface area contributed by atoms with E-state index in [0.29, 0.717) is 16.6 Å². The molecule has 3 N–H and O–H groups in total. The molecule has 0 saturated carbocycles. The largest absolute Gasteiger partial charge is 0.481 e. The van der Waals surface area contributed by atoms with Gasteiger partial charge in [-0.1, -0.05) is 0 Å². The minimum Gasteiger partial charge on any atom is -0.481 e. The molecule has 0 aliphatic heterocycles. The Kier molecular flexibility index (Phi) is 4.86. The minimum absolute atomic E-state index is 0.0890. The number of pyridine rings is 1. The van der Waals surface area contributed by atoms with Crippen LogP contribution in [0, 0.1) is 17.6 Å². The van der Waals surface area contributed by atoms with Gasteiger partial charge in [0.15, 0.2) is 17.5 Å². The van der Waals surface area contributed by atoms with Gasteiger partial charge < -0.3 is 15.4 Å². The Bertz CT molecular complexity index is 1220. The molecule has 4 aromatic heterocycles. The van der Waals surface area contributed by atoms with Crippen molar-refractivity contribution in [2.24, 2.45) is 5.92 Å². The number of halogens is 2. The van der Waals surface area contributed by atoms with Gasteiger partial charge in [0.1, 0.15) is 17.8 Å². The molecular weight excluding hydrogens is 396 g/mol. The molecular formula is C19H17F2N7O2. The molecule has 0 aromatic carbocycles. The number of fused-ring (bicyclic) bond motifs is 1. The van der Waals surface area contributed by atoms with Crippen LogP contribution in [0.5, 0.6) is 0 Å². The Hall–Kier alpha value is -3.89. The van der Waals surface area contributed by atoms with Crippen molar-refractivity contribution in [3.63, 3.8) is 0 Å². The molecule has 0 spiro atoms. The second-order valence-electron chi connectivity index (χ2n) is 6.82. The van der Waals surface area contributed by atoms with Gasteiger partial charge >= 0.3 is 5.97 Å². The fourth-order valence-corrected chi connectivity index (χ4v) is 2.92. The number of carboxylic acids is 1. The summed E-state index contributed by atoms with van der Waals surface area (Å²) in [5.41, 5.74) is 0.839. The third kappa shape index (κ3) is 3.45. The highest BCUT2D eigenvalue weighted by molar-refractivity contribution is 5.91. The fraction of sp³-hybridized carbons (Fsp3) is 0.211. The molecule has 4 heterocycles. The van der Waals surface area contributed by atoms with Crippen LogP contribution in [0.1, 0.15) is 13.8 Å². The number of aromatic nitrogens is 6. The Labute approximate surface area is 168 Å². The summed E-state index contributed by atoms with van der Waals surface area (Å²) >= 11 is 0. The molecule has 0 aliphatic carbocycles. The SMILES string of the molecule is C[C@H](Nc1nc(-c2c[nH]c3ncc(F)cc23)nc(-n2ccnc2)c1F)[C@H](C)C(=O)O. The monoisotopic (exact) mass is 413 g/mol. The van der Waals surface area contributed by atoms with E-state index in [0.717, 1.165) is 6.20 Å². The van der Waals surface area contributed by atoms with Crippen LogP contribution >= 0.6 is 0 Å². The van der Waals surface area contributed by atoms with Crippen molar-refractivity contribution in [3.8, 4) is 17.2 Å². The highest BCUT2D eigenvalue weighted by atomic mass is 19.1. The van der Waals surface area contributed by atoms with Crippen LogP contribution in [-0.2, 0) is 4.79 Å². The van der Waals surface area contributed by atoms with E-state index < -0.39 is 29.6 Å². The topological polar surface area (TPSA) is 122 Å². The number of imidazole rings is 1. The summed E-state index contributed by atoms with van der Waals surface area (Å²) in [5.74, 6) is -3.30. The maximum Gasteiger partial charge on any atom is 0.308 e. The van der Waals surface area contributed by atoms with Crippen molar-refractivity contribution in [1.29, 1.82) is 0 Å². The lowest BCUT2D eigenvalue weighted by Crippen LogP contribution is -2.30. The molecule has 11 heteroatoms. The van der Waals surface area contributed by atoms with Gasteiger partial charge in [0.05, 0.1) is 12.1 Å². The van der Waals surface area contributed by atoms with E-state index in [4.69, 9.17) is 0 Å². The zero-order chi connectivity index (χ0) is 21.4. The van der Waals surface area contributed by atoms with E-state index >= 15 is 4.39 Å². The van der Waals surface area contributed by atoms with Crippen LogP contribution in [0.15, 0.2) is 37.2 Å². The van der Waals surface area contributed by atoms with E-state index in [1.54, 1.807) is 13.1 Å². The first-order valence-electron chi connectivity index (χ1n) is 9.03. The van der Waals surface area contributed by atoms with E-state index in [2.05, 4.69) is 30.2 Å². The summed E-state index contributed by atoms with van der Waals surface area (Å²) in [6, 6.07) is 0.650. The first-order valence-corrected chi connectivity index (χ1v) is 9.03. The van der Waals surface area contributed by atoms with Crippen molar-refractivity contribution in [1.82, 2.24) is 29.5 Å². The predicted molar refractivity (Wildman–Crippen MR) is 104 cm³/mol. The highest BCUT2D eigenvalue weighted by Gasteiger charge is 2.24. The maximum atomic E-state index is 15.2. The molecule has 4 rings (SSSR count). The number of H-pyrrole nitrogens is 1. The van der Waals surface area contributed by atoms with Crippen molar-refractivity contribution < 1.29 is 18.7 Å². The van der Waals surface area contributed by atoms with Gasteiger partial charge in [0, 0.05) is 35.6 Å². The van der Waals surface area contributed by atoms with E-state index in [1.807, 2.05) is 0 Å². The molecule has 0 amide bonds. The number of carbonyl (C=O) groups is 1. The first-order chi connectivity index (χ1) is 14.3. The normalized spacial score (nSPS) is 13.3. The van der Waals surface area contributed by atoms with Crippen LogP contribution < -0.4 is 5.32 Å². The fourth-order valence-electron chi connectivity index (χ4n) is 2.92. The van der Waals surface area contributed by atoms with Crippen LogP contribution in [0.3, 0.4) is 0 Å². The van der Waals surface area contributed by atoms with Crippen LogP contribution in [-0.4, -0.2) is 46.6 Å². The van der Waals surface area contributed by atoms with Crippen molar-refractivity contribution in [2.45, 2.75) is 19.9 Å². The molecule has 30 heavy (non-hydrogen) atoms. The Morgan fingerprint density at radius 3 is 2.80 bits per heavy atom. The van der Waals surface area contributed by atoms with Crippen molar-refractivity contribution in [2.75, 3.05) is 5.32 Å². The number of hydrogen-bond donors (Lipinski definition) is 3. The highest BCUT2D eigenvalue weighted by Crippen LogP contribution is 2.29. The summed E-state index contributed by atoms with van der Waals surface area (Å²) in [7, 11) is 0. The number of carboxylic acid groups (broad SMARTS) is 1. The van der Waals surface area contributed by atoms with Gasteiger partial charge in [-0.15, -0.1) is 0 Å². The lowest BCUT2D eigenvalue weighted by atomic mass is 10.0. The molecule has 154 valence electrons. The number of rotatable bonds is 6. The molecule has 0 unspecified atom stereocenters. The standard InChI is InChI=1S/C19H17F2N7O2/c1-9(19(29)30)10(2)25-17-14(21)18(28-4-3-22-8-28)27-16(26-17)13-7-24-15-12(13)5-11(20)6-23-15/h3-10H,1-2H3,(H,23,24)(H,29,30)(H,25,26,27)/t9-,10-/m0/s1. The molecule has 0 bridgehead atoms. The van der Waals surface area contributed by atoms with Gasteiger partial charge in [0.2, 0.25) is 5.82 Å². The maximum absolute atomic E-state index is 15.2. The van der Waals surface area contributed by atoms with Crippen molar-refractivity contribution >= 4 is 22.8 Å². The summed E-state index contributed by atoms with van der Waals surface area (Å²) in [4.78, 5) is 30.6. The smallest absolute Gasteiger partial charge is 0.308 e. The van der Waals surface area contributed by atoms with E-state index in [-0.39, 0.29) is 17.5 Å². The van der Waals surface area contributed by atoms with Gasteiger partial charge in [0.25, 0.3) is 0 Å². The van der Waals surface area contributed by atoms with Gasteiger partial charge in [-0.25, -0.2) is 24.3 Å². The molecule has 9 nitrogen and oxygen atoms in total. The summed E-state index contributed by atoms with van der Waals surface area (Å²) in [6.45, 7) is 3.12.